The fraction of sp³-hybridized carbons (Fsp3) is 0.500. The number of nitrogens with zero attached hydrogens (tertiary/aromatic N) is 5. The van der Waals surface area contributed by atoms with Crippen LogP contribution < -0.4 is 10.9 Å². The molecule has 3 aliphatic rings. The molecule has 9 nitrogen and oxygen atoms in total. The third-order valence-electron chi connectivity index (χ3n) is 8.55. The number of benzene rings is 1. The summed E-state index contributed by atoms with van der Waals surface area (Å²) in [7, 11) is 0. The minimum atomic E-state index is -0.0605. The fourth-order valence-electron chi connectivity index (χ4n) is 6.05. The number of anilines is 1. The van der Waals surface area contributed by atoms with Crippen molar-refractivity contribution in [1.82, 2.24) is 24.3 Å². The van der Waals surface area contributed by atoms with Crippen molar-refractivity contribution < 1.29 is 9.59 Å². The van der Waals surface area contributed by atoms with Crippen LogP contribution in [0.15, 0.2) is 41.3 Å². The van der Waals surface area contributed by atoms with Crippen LogP contribution in [0, 0.1) is 12.8 Å². The Balaban J connectivity index is 1.32. The van der Waals surface area contributed by atoms with Crippen molar-refractivity contribution in [3.8, 4) is 11.1 Å². The number of nitrogens with one attached hydrogen (secondary N) is 1. The van der Waals surface area contributed by atoms with Crippen LogP contribution in [0.25, 0.3) is 22.2 Å². The Bertz CT molecular complexity index is 1460. The summed E-state index contributed by atoms with van der Waals surface area (Å²) in [6.07, 6.45) is 6.97. The van der Waals surface area contributed by atoms with Crippen molar-refractivity contribution >= 4 is 28.8 Å². The smallest absolute Gasteiger partial charge is 0.260 e. The Kier molecular flexibility index (Phi) is 6.83. The maximum atomic E-state index is 14.1. The van der Waals surface area contributed by atoms with Crippen LogP contribution in [0.1, 0.15) is 57.1 Å². The van der Waals surface area contributed by atoms with Gasteiger partial charge in [-0.2, -0.15) is 4.98 Å². The quantitative estimate of drug-likeness (QED) is 0.541. The van der Waals surface area contributed by atoms with E-state index in [1.807, 2.05) is 51.6 Å². The highest BCUT2D eigenvalue weighted by molar-refractivity contribution is 5.83. The summed E-state index contributed by atoms with van der Waals surface area (Å²) in [6.45, 7) is 6.35. The van der Waals surface area contributed by atoms with Gasteiger partial charge < -0.3 is 15.1 Å². The minimum Gasteiger partial charge on any atom is -0.351 e. The van der Waals surface area contributed by atoms with E-state index in [0.29, 0.717) is 49.0 Å². The van der Waals surface area contributed by atoms with Gasteiger partial charge in [0.25, 0.3) is 5.56 Å². The molecule has 0 atom stereocenters. The van der Waals surface area contributed by atoms with E-state index < -0.39 is 0 Å². The van der Waals surface area contributed by atoms with Gasteiger partial charge in [0.1, 0.15) is 5.65 Å². The highest BCUT2D eigenvalue weighted by Gasteiger charge is 2.35. The molecule has 2 saturated heterocycles. The number of carbonyl (C=O) groups is 2. The SMILES string of the molecule is CC(=O)N1CCC(n2c(=O)c(-c3ccccc3C)cc3cnc(NC4CCN(C(=O)C5CC5)CC4)nc32)CC1. The number of hydrogen-bond donors (Lipinski definition) is 1. The molecule has 3 fully saturated rings. The largest absolute Gasteiger partial charge is 0.351 e. The Morgan fingerprint density at radius 2 is 1.62 bits per heavy atom. The molecule has 3 aromatic rings. The maximum absolute atomic E-state index is 14.1. The lowest BCUT2D eigenvalue weighted by atomic mass is 9.99. The molecule has 204 valence electrons. The lowest BCUT2D eigenvalue weighted by Gasteiger charge is -2.33. The first-order valence-corrected chi connectivity index (χ1v) is 14.2. The summed E-state index contributed by atoms with van der Waals surface area (Å²) in [5.41, 5.74) is 3.16. The number of rotatable bonds is 5. The third kappa shape index (κ3) is 5.14. The van der Waals surface area contributed by atoms with Crippen LogP contribution in [0.2, 0.25) is 0 Å². The van der Waals surface area contributed by atoms with Gasteiger partial charge >= 0.3 is 0 Å². The lowest BCUT2D eigenvalue weighted by molar-refractivity contribution is -0.133. The molecule has 0 unspecified atom stereocenters. The Labute approximate surface area is 228 Å². The molecular weight excluding hydrogens is 492 g/mol. The van der Waals surface area contributed by atoms with Crippen molar-refractivity contribution in [3.05, 3.63) is 52.4 Å². The van der Waals surface area contributed by atoms with Gasteiger partial charge in [-0.05, 0) is 62.6 Å². The summed E-state index contributed by atoms with van der Waals surface area (Å²) >= 11 is 0. The number of amides is 2. The number of piperidine rings is 2. The first-order valence-electron chi connectivity index (χ1n) is 14.2. The average Bonchev–Trinajstić information content (AvgIpc) is 3.79. The van der Waals surface area contributed by atoms with E-state index in [1.54, 1.807) is 13.1 Å². The molecular formula is C30H36N6O3. The van der Waals surface area contributed by atoms with Crippen molar-refractivity contribution in [2.45, 2.75) is 64.5 Å². The molecule has 6 rings (SSSR count). The Morgan fingerprint density at radius 3 is 2.28 bits per heavy atom. The molecule has 2 amide bonds. The topological polar surface area (TPSA) is 100 Å². The molecule has 4 heterocycles. The minimum absolute atomic E-state index is 0.0565. The van der Waals surface area contributed by atoms with E-state index >= 15 is 0 Å². The van der Waals surface area contributed by atoms with Gasteiger partial charge in [-0.1, -0.05) is 24.3 Å². The molecule has 1 aromatic carbocycles. The van der Waals surface area contributed by atoms with Crippen LogP contribution in [0.5, 0.6) is 0 Å². The van der Waals surface area contributed by atoms with E-state index in [-0.39, 0.29) is 29.5 Å². The zero-order valence-electron chi connectivity index (χ0n) is 22.7. The van der Waals surface area contributed by atoms with Crippen molar-refractivity contribution in [2.24, 2.45) is 5.92 Å². The second-order valence-corrected chi connectivity index (χ2v) is 11.3. The fourth-order valence-corrected chi connectivity index (χ4v) is 6.05. The lowest BCUT2D eigenvalue weighted by Crippen LogP contribution is -2.43. The molecule has 2 aliphatic heterocycles. The Hall–Kier alpha value is -3.75. The maximum Gasteiger partial charge on any atom is 0.260 e. The molecule has 1 aliphatic carbocycles. The van der Waals surface area contributed by atoms with Crippen molar-refractivity contribution in [2.75, 3.05) is 31.5 Å². The second kappa shape index (κ2) is 10.4. The van der Waals surface area contributed by atoms with Gasteiger partial charge in [0.15, 0.2) is 0 Å². The molecule has 1 N–H and O–H groups in total. The Morgan fingerprint density at radius 1 is 0.923 bits per heavy atom. The number of carbonyl (C=O) groups excluding carboxylic acids is 2. The summed E-state index contributed by atoms with van der Waals surface area (Å²) < 4.78 is 1.85. The number of aromatic nitrogens is 3. The number of likely N-dealkylation sites (tertiary alicyclic amines) is 2. The standard InChI is InChI=1S/C30H36N6O3/c1-19-5-3-4-6-25(19)26-17-22-18-31-30(32-23-9-13-35(14-10-23)28(38)21-7-8-21)33-27(22)36(29(26)39)24-11-15-34(16-12-24)20(2)37/h3-6,17-18,21,23-24H,7-16H2,1-2H3,(H,31,32,33). The molecule has 0 bridgehead atoms. The monoisotopic (exact) mass is 528 g/mol. The van der Waals surface area contributed by atoms with Gasteiger partial charge in [-0.25, -0.2) is 4.98 Å². The van der Waals surface area contributed by atoms with Gasteiger partial charge in [-0.3, -0.25) is 19.0 Å². The highest BCUT2D eigenvalue weighted by atomic mass is 16.2. The van der Waals surface area contributed by atoms with E-state index in [9.17, 15) is 14.4 Å². The number of pyridine rings is 1. The predicted molar refractivity (Wildman–Crippen MR) is 150 cm³/mol. The average molecular weight is 529 g/mol. The zero-order valence-corrected chi connectivity index (χ0v) is 22.7. The van der Waals surface area contributed by atoms with Crippen LogP contribution in [0.4, 0.5) is 5.95 Å². The molecule has 9 heteroatoms. The molecule has 2 aromatic heterocycles. The van der Waals surface area contributed by atoms with Crippen LogP contribution in [-0.2, 0) is 9.59 Å². The van der Waals surface area contributed by atoms with Crippen molar-refractivity contribution in [3.63, 3.8) is 0 Å². The summed E-state index contributed by atoms with van der Waals surface area (Å²) in [5, 5.41) is 4.29. The molecule has 1 saturated carbocycles. The van der Waals surface area contributed by atoms with Gasteiger partial charge in [0, 0.05) is 68.3 Å². The van der Waals surface area contributed by atoms with Gasteiger partial charge in [0.05, 0.1) is 0 Å². The van der Waals surface area contributed by atoms with Gasteiger partial charge in [0.2, 0.25) is 17.8 Å². The van der Waals surface area contributed by atoms with Gasteiger partial charge in [-0.15, -0.1) is 0 Å². The van der Waals surface area contributed by atoms with E-state index in [1.165, 1.54) is 0 Å². The normalized spacial score (nSPS) is 18.9. The number of fused-ring (bicyclic) bond motifs is 1. The van der Waals surface area contributed by atoms with E-state index in [4.69, 9.17) is 4.98 Å². The molecule has 0 spiro atoms. The predicted octanol–water partition coefficient (Wildman–Crippen LogP) is 3.76. The first kappa shape index (κ1) is 25.5. The second-order valence-electron chi connectivity index (χ2n) is 11.3. The van der Waals surface area contributed by atoms with Crippen LogP contribution >= 0.6 is 0 Å². The van der Waals surface area contributed by atoms with E-state index in [0.717, 1.165) is 55.3 Å². The third-order valence-corrected chi connectivity index (χ3v) is 8.55. The molecule has 0 radical (unpaired) electrons. The summed E-state index contributed by atoms with van der Waals surface area (Å²) in [4.78, 5) is 51.8. The highest BCUT2D eigenvalue weighted by Crippen LogP contribution is 2.32. The first-order chi connectivity index (χ1) is 18.9. The van der Waals surface area contributed by atoms with E-state index in [2.05, 4.69) is 10.3 Å². The molecule has 39 heavy (non-hydrogen) atoms. The number of hydrogen-bond acceptors (Lipinski definition) is 6. The number of aryl methyl sites for hydroxylation is 1. The van der Waals surface area contributed by atoms with Crippen molar-refractivity contribution in [1.29, 1.82) is 0 Å². The van der Waals surface area contributed by atoms with Crippen LogP contribution in [-0.4, -0.2) is 68.4 Å². The summed E-state index contributed by atoms with van der Waals surface area (Å²) in [6, 6.07) is 9.96. The zero-order chi connectivity index (χ0) is 27.1. The summed E-state index contributed by atoms with van der Waals surface area (Å²) in [5.74, 6) is 1.13. The van der Waals surface area contributed by atoms with Crippen LogP contribution in [0.3, 0.4) is 0 Å².